The average Bonchev–Trinajstić information content (AvgIpc) is 3.22. The molecule has 1 amide bonds. The van der Waals surface area contributed by atoms with Crippen molar-refractivity contribution in [3.8, 4) is 0 Å². The lowest BCUT2D eigenvalue weighted by molar-refractivity contribution is -0.384. The Hall–Kier alpha value is -1.56. The van der Waals surface area contributed by atoms with Crippen molar-refractivity contribution in [2.24, 2.45) is 11.8 Å². The standard InChI is InChI=1S/C16H18N2O3S/c19-15-9-22-16(12-2-1-3-13(8-12)18(20)21)17(15)14-7-10-4-5-11(14)6-10/h1-3,8,10-11,14,16H,4-7,9H2/t10-,11-,14+,16-/m0/s1. The molecular formula is C16H18N2O3S. The van der Waals surface area contributed by atoms with E-state index in [4.69, 9.17) is 0 Å². The van der Waals surface area contributed by atoms with Crippen molar-refractivity contribution >= 4 is 23.4 Å². The van der Waals surface area contributed by atoms with Gasteiger partial charge in [0.05, 0.1) is 10.7 Å². The maximum Gasteiger partial charge on any atom is 0.269 e. The lowest BCUT2D eigenvalue weighted by Crippen LogP contribution is -2.41. The van der Waals surface area contributed by atoms with E-state index in [0.717, 1.165) is 17.9 Å². The zero-order chi connectivity index (χ0) is 15.3. The number of non-ortho nitro benzene ring substituents is 1. The molecule has 0 unspecified atom stereocenters. The molecule has 2 bridgehead atoms. The molecule has 4 rings (SSSR count). The first-order valence-corrected chi connectivity index (χ1v) is 8.85. The molecule has 1 aliphatic heterocycles. The number of fused-ring (bicyclic) bond motifs is 2. The lowest BCUT2D eigenvalue weighted by Gasteiger charge is -2.35. The molecule has 3 aliphatic rings. The quantitative estimate of drug-likeness (QED) is 0.633. The van der Waals surface area contributed by atoms with Crippen molar-refractivity contribution in [1.82, 2.24) is 4.90 Å². The molecule has 1 aromatic carbocycles. The van der Waals surface area contributed by atoms with Crippen LogP contribution in [0.15, 0.2) is 24.3 Å². The molecule has 2 saturated carbocycles. The molecule has 1 heterocycles. The van der Waals surface area contributed by atoms with Gasteiger partial charge in [0.1, 0.15) is 5.37 Å². The van der Waals surface area contributed by atoms with Crippen molar-refractivity contribution < 1.29 is 9.72 Å². The minimum absolute atomic E-state index is 0.0586. The summed E-state index contributed by atoms with van der Waals surface area (Å²) in [5.74, 6) is 2.09. The van der Waals surface area contributed by atoms with Gasteiger partial charge in [-0.15, -0.1) is 11.8 Å². The molecule has 0 aromatic heterocycles. The van der Waals surface area contributed by atoms with Crippen LogP contribution in [0.1, 0.15) is 36.6 Å². The summed E-state index contributed by atoms with van der Waals surface area (Å²) in [6.07, 6.45) is 4.90. The van der Waals surface area contributed by atoms with Gasteiger partial charge in [0.25, 0.3) is 5.69 Å². The van der Waals surface area contributed by atoms with Crippen LogP contribution in [-0.2, 0) is 4.79 Å². The van der Waals surface area contributed by atoms with Gasteiger partial charge in [0, 0.05) is 18.2 Å². The van der Waals surface area contributed by atoms with Crippen molar-refractivity contribution in [1.29, 1.82) is 0 Å². The smallest absolute Gasteiger partial charge is 0.269 e. The van der Waals surface area contributed by atoms with Crippen LogP contribution in [0, 0.1) is 22.0 Å². The number of nitro groups is 1. The van der Waals surface area contributed by atoms with Crippen molar-refractivity contribution in [2.75, 3.05) is 5.75 Å². The number of nitro benzene ring substituents is 1. The highest BCUT2D eigenvalue weighted by atomic mass is 32.2. The zero-order valence-electron chi connectivity index (χ0n) is 12.2. The summed E-state index contributed by atoms with van der Waals surface area (Å²) in [5, 5.41) is 10.9. The molecule has 2 aliphatic carbocycles. The monoisotopic (exact) mass is 318 g/mol. The number of amides is 1. The largest absolute Gasteiger partial charge is 0.323 e. The number of carbonyl (C=O) groups excluding carboxylic acids is 1. The number of hydrogen-bond donors (Lipinski definition) is 0. The molecule has 1 saturated heterocycles. The van der Waals surface area contributed by atoms with Gasteiger partial charge in [0.15, 0.2) is 0 Å². The molecule has 1 aromatic rings. The minimum atomic E-state index is -0.368. The first kappa shape index (κ1) is 14.1. The van der Waals surface area contributed by atoms with Crippen molar-refractivity contribution in [3.63, 3.8) is 0 Å². The Kier molecular flexibility index (Phi) is 3.36. The maximum atomic E-state index is 12.4. The highest BCUT2D eigenvalue weighted by Gasteiger charge is 2.48. The molecule has 4 atom stereocenters. The van der Waals surface area contributed by atoms with E-state index in [9.17, 15) is 14.9 Å². The van der Waals surface area contributed by atoms with E-state index in [1.54, 1.807) is 23.9 Å². The molecule has 5 nitrogen and oxygen atoms in total. The zero-order valence-corrected chi connectivity index (χ0v) is 13.0. The fraction of sp³-hybridized carbons (Fsp3) is 0.562. The van der Waals surface area contributed by atoms with E-state index in [0.29, 0.717) is 17.7 Å². The number of hydrogen-bond acceptors (Lipinski definition) is 4. The Labute approximate surface area is 133 Å². The van der Waals surface area contributed by atoms with E-state index in [-0.39, 0.29) is 21.9 Å². The molecule has 0 N–H and O–H groups in total. The number of carbonyl (C=O) groups is 1. The van der Waals surface area contributed by atoms with Gasteiger partial charge in [-0.05, 0) is 36.7 Å². The minimum Gasteiger partial charge on any atom is -0.323 e. The second-order valence-electron chi connectivity index (χ2n) is 6.56. The summed E-state index contributed by atoms with van der Waals surface area (Å²) in [7, 11) is 0. The summed E-state index contributed by atoms with van der Waals surface area (Å²) >= 11 is 1.60. The molecule has 0 spiro atoms. The fourth-order valence-corrected chi connectivity index (χ4v) is 5.62. The van der Waals surface area contributed by atoms with E-state index in [2.05, 4.69) is 0 Å². The second kappa shape index (κ2) is 5.26. The van der Waals surface area contributed by atoms with Crippen LogP contribution in [0.4, 0.5) is 5.69 Å². The van der Waals surface area contributed by atoms with Gasteiger partial charge in [-0.1, -0.05) is 18.6 Å². The number of benzene rings is 1. The van der Waals surface area contributed by atoms with E-state index >= 15 is 0 Å². The third-order valence-electron chi connectivity index (χ3n) is 5.33. The molecule has 22 heavy (non-hydrogen) atoms. The van der Waals surface area contributed by atoms with Gasteiger partial charge in [-0.25, -0.2) is 0 Å². The Bertz CT molecular complexity index is 636. The fourth-order valence-electron chi connectivity index (χ4n) is 4.40. The van der Waals surface area contributed by atoms with Gasteiger partial charge < -0.3 is 4.90 Å². The Morgan fingerprint density at radius 1 is 1.27 bits per heavy atom. The van der Waals surface area contributed by atoms with Crippen LogP contribution in [0.5, 0.6) is 0 Å². The van der Waals surface area contributed by atoms with Crippen LogP contribution in [-0.4, -0.2) is 27.5 Å². The number of rotatable bonds is 3. The summed E-state index contributed by atoms with van der Waals surface area (Å²) in [5.41, 5.74) is 0.984. The van der Waals surface area contributed by atoms with E-state index in [1.807, 2.05) is 11.0 Å². The number of nitrogens with zero attached hydrogens (tertiary/aromatic N) is 2. The number of thioether (sulfide) groups is 1. The first-order valence-electron chi connectivity index (χ1n) is 7.80. The highest BCUT2D eigenvalue weighted by Crippen LogP contribution is 2.51. The van der Waals surface area contributed by atoms with E-state index < -0.39 is 0 Å². The SMILES string of the molecule is O=C1CS[C@@H](c2cccc([N+](=O)[O-])c2)N1[C@@H]1C[C@H]2CC[C@H]1C2. The van der Waals surface area contributed by atoms with Crippen molar-refractivity contribution in [3.05, 3.63) is 39.9 Å². The van der Waals surface area contributed by atoms with E-state index in [1.165, 1.54) is 25.3 Å². The predicted octanol–water partition coefficient (Wildman–Crippen LogP) is 3.36. The van der Waals surface area contributed by atoms with Gasteiger partial charge in [-0.3, -0.25) is 14.9 Å². The van der Waals surface area contributed by atoms with Gasteiger partial charge in [0.2, 0.25) is 5.91 Å². The predicted molar refractivity (Wildman–Crippen MR) is 84.4 cm³/mol. The molecule has 0 radical (unpaired) electrons. The summed E-state index contributed by atoms with van der Waals surface area (Å²) < 4.78 is 0. The van der Waals surface area contributed by atoms with Crippen LogP contribution in [0.2, 0.25) is 0 Å². The highest BCUT2D eigenvalue weighted by molar-refractivity contribution is 8.00. The molecular weight excluding hydrogens is 300 g/mol. The van der Waals surface area contributed by atoms with Crippen molar-refractivity contribution in [2.45, 2.75) is 37.1 Å². The second-order valence-corrected chi connectivity index (χ2v) is 7.63. The third-order valence-corrected chi connectivity index (χ3v) is 6.56. The lowest BCUT2D eigenvalue weighted by atomic mass is 9.93. The Balaban J connectivity index is 1.64. The van der Waals surface area contributed by atoms with Crippen LogP contribution in [0.25, 0.3) is 0 Å². The normalized spacial score (nSPS) is 33.6. The first-order chi connectivity index (χ1) is 10.6. The summed E-state index contributed by atoms with van der Waals surface area (Å²) in [6.45, 7) is 0. The third kappa shape index (κ3) is 2.20. The van der Waals surface area contributed by atoms with Crippen LogP contribution in [0.3, 0.4) is 0 Å². The van der Waals surface area contributed by atoms with Gasteiger partial charge >= 0.3 is 0 Å². The summed E-state index contributed by atoms with van der Waals surface area (Å²) in [4.78, 5) is 25.1. The average molecular weight is 318 g/mol. The maximum absolute atomic E-state index is 12.4. The molecule has 6 heteroatoms. The molecule has 116 valence electrons. The molecule has 3 fully saturated rings. The Morgan fingerprint density at radius 3 is 2.82 bits per heavy atom. The van der Waals surface area contributed by atoms with Crippen LogP contribution >= 0.6 is 11.8 Å². The topological polar surface area (TPSA) is 63.4 Å². The van der Waals surface area contributed by atoms with Gasteiger partial charge in [-0.2, -0.15) is 0 Å². The Morgan fingerprint density at radius 2 is 2.14 bits per heavy atom. The summed E-state index contributed by atoms with van der Waals surface area (Å²) in [6, 6.07) is 7.09. The van der Waals surface area contributed by atoms with Crippen LogP contribution < -0.4 is 0 Å².